The number of rotatable bonds is 3. The van der Waals surface area contributed by atoms with Gasteiger partial charge in [-0.05, 0) is 29.9 Å². The average molecular weight is 284 g/mol. The lowest BCUT2D eigenvalue weighted by Gasteiger charge is -2.05. The standard InChI is InChI=1S/C14H12N4OS/c19-13(15-8-10-4-2-1-3-5-10)11-6-7-12-16-17-14(20)18(12)9-11/h1-7,9H,8H2,(H,15,19)(H,17,20). The summed E-state index contributed by atoms with van der Waals surface area (Å²) in [5, 5.41) is 9.59. The van der Waals surface area contributed by atoms with Crippen LogP contribution in [0.2, 0.25) is 0 Å². The van der Waals surface area contributed by atoms with Crippen LogP contribution in [0.5, 0.6) is 0 Å². The predicted octanol–water partition coefficient (Wildman–Crippen LogP) is 2.32. The third-order valence-corrected chi connectivity index (χ3v) is 3.26. The van der Waals surface area contributed by atoms with E-state index in [1.807, 2.05) is 30.3 Å². The molecule has 2 heterocycles. The van der Waals surface area contributed by atoms with E-state index >= 15 is 0 Å². The number of amides is 1. The van der Waals surface area contributed by atoms with E-state index in [4.69, 9.17) is 12.2 Å². The Hall–Kier alpha value is -2.47. The molecule has 20 heavy (non-hydrogen) atoms. The molecule has 0 unspecified atom stereocenters. The zero-order valence-corrected chi connectivity index (χ0v) is 11.4. The van der Waals surface area contributed by atoms with Crippen LogP contribution >= 0.6 is 12.2 Å². The Morgan fingerprint density at radius 3 is 2.85 bits per heavy atom. The van der Waals surface area contributed by atoms with Crippen molar-refractivity contribution in [3.8, 4) is 0 Å². The summed E-state index contributed by atoms with van der Waals surface area (Å²) in [6.07, 6.45) is 1.68. The minimum absolute atomic E-state index is 0.140. The maximum Gasteiger partial charge on any atom is 0.253 e. The van der Waals surface area contributed by atoms with Crippen LogP contribution in [0.3, 0.4) is 0 Å². The van der Waals surface area contributed by atoms with Crippen LogP contribution in [-0.4, -0.2) is 20.5 Å². The summed E-state index contributed by atoms with van der Waals surface area (Å²) in [5.41, 5.74) is 2.29. The highest BCUT2D eigenvalue weighted by atomic mass is 32.1. The number of carbonyl (C=O) groups excluding carboxylic acids is 1. The highest BCUT2D eigenvalue weighted by Crippen LogP contribution is 2.05. The molecule has 0 aliphatic rings. The minimum atomic E-state index is -0.140. The van der Waals surface area contributed by atoms with Crippen molar-refractivity contribution in [2.45, 2.75) is 6.54 Å². The van der Waals surface area contributed by atoms with Gasteiger partial charge in [-0.25, -0.2) is 0 Å². The van der Waals surface area contributed by atoms with Crippen LogP contribution in [-0.2, 0) is 6.54 Å². The number of hydrogen-bond donors (Lipinski definition) is 2. The first-order chi connectivity index (χ1) is 9.74. The minimum Gasteiger partial charge on any atom is -0.348 e. The molecule has 0 aliphatic carbocycles. The Balaban J connectivity index is 1.78. The molecule has 0 spiro atoms. The summed E-state index contributed by atoms with van der Waals surface area (Å²) in [6.45, 7) is 0.495. The highest BCUT2D eigenvalue weighted by Gasteiger charge is 2.07. The van der Waals surface area contributed by atoms with Crippen molar-refractivity contribution in [2.24, 2.45) is 0 Å². The van der Waals surface area contributed by atoms with Gasteiger partial charge in [0.2, 0.25) is 0 Å². The molecule has 0 saturated carbocycles. The Morgan fingerprint density at radius 2 is 2.05 bits per heavy atom. The predicted molar refractivity (Wildman–Crippen MR) is 78.0 cm³/mol. The second kappa shape index (κ2) is 5.26. The molecule has 1 amide bonds. The molecule has 1 aromatic carbocycles. The fraction of sp³-hybridized carbons (Fsp3) is 0.0714. The lowest BCUT2D eigenvalue weighted by atomic mass is 10.2. The molecule has 6 heteroatoms. The van der Waals surface area contributed by atoms with Gasteiger partial charge in [-0.3, -0.25) is 14.3 Å². The summed E-state index contributed by atoms with van der Waals surface area (Å²) in [5.74, 6) is -0.140. The molecule has 3 aromatic rings. The number of pyridine rings is 1. The molecule has 0 saturated heterocycles. The smallest absolute Gasteiger partial charge is 0.253 e. The maximum atomic E-state index is 12.1. The van der Waals surface area contributed by atoms with Crippen molar-refractivity contribution in [2.75, 3.05) is 0 Å². The van der Waals surface area contributed by atoms with Gasteiger partial charge in [0.05, 0.1) is 5.56 Å². The quantitative estimate of drug-likeness (QED) is 0.726. The van der Waals surface area contributed by atoms with E-state index in [1.54, 1.807) is 22.7 Å². The maximum absolute atomic E-state index is 12.1. The molecule has 0 atom stereocenters. The number of hydrogen-bond acceptors (Lipinski definition) is 3. The molecule has 2 N–H and O–H groups in total. The van der Waals surface area contributed by atoms with Crippen LogP contribution < -0.4 is 5.32 Å². The molecule has 0 bridgehead atoms. The topological polar surface area (TPSA) is 62.2 Å². The van der Waals surface area contributed by atoms with E-state index < -0.39 is 0 Å². The first-order valence-electron chi connectivity index (χ1n) is 6.13. The number of fused-ring (bicyclic) bond motifs is 1. The average Bonchev–Trinajstić information content (AvgIpc) is 2.87. The zero-order valence-electron chi connectivity index (χ0n) is 10.5. The van der Waals surface area contributed by atoms with Gasteiger partial charge in [0.15, 0.2) is 10.4 Å². The zero-order chi connectivity index (χ0) is 13.9. The van der Waals surface area contributed by atoms with Crippen molar-refractivity contribution in [1.29, 1.82) is 0 Å². The van der Waals surface area contributed by atoms with Crippen LogP contribution in [0.15, 0.2) is 48.7 Å². The third kappa shape index (κ3) is 2.46. The lowest BCUT2D eigenvalue weighted by molar-refractivity contribution is 0.0950. The molecule has 2 aromatic heterocycles. The van der Waals surface area contributed by atoms with E-state index in [9.17, 15) is 4.79 Å². The van der Waals surface area contributed by atoms with Crippen LogP contribution in [0.4, 0.5) is 0 Å². The first-order valence-corrected chi connectivity index (χ1v) is 6.54. The van der Waals surface area contributed by atoms with Gasteiger partial charge in [-0.15, -0.1) is 0 Å². The van der Waals surface area contributed by atoms with E-state index in [-0.39, 0.29) is 5.91 Å². The molecular weight excluding hydrogens is 272 g/mol. The van der Waals surface area contributed by atoms with E-state index in [0.29, 0.717) is 22.5 Å². The number of benzene rings is 1. The molecular formula is C14H12N4OS. The van der Waals surface area contributed by atoms with Crippen molar-refractivity contribution >= 4 is 23.8 Å². The SMILES string of the molecule is O=C(NCc1ccccc1)c1ccc2n[nH]c(=S)n2c1. The van der Waals surface area contributed by atoms with Crippen molar-refractivity contribution in [3.63, 3.8) is 0 Å². The van der Waals surface area contributed by atoms with Crippen molar-refractivity contribution in [3.05, 3.63) is 64.6 Å². The highest BCUT2D eigenvalue weighted by molar-refractivity contribution is 7.71. The van der Waals surface area contributed by atoms with Gasteiger partial charge in [0.25, 0.3) is 5.91 Å². The monoisotopic (exact) mass is 284 g/mol. The van der Waals surface area contributed by atoms with Crippen LogP contribution in [0.25, 0.3) is 5.65 Å². The fourth-order valence-corrected chi connectivity index (χ4v) is 2.11. The van der Waals surface area contributed by atoms with E-state index in [0.717, 1.165) is 5.56 Å². The largest absolute Gasteiger partial charge is 0.348 e. The van der Waals surface area contributed by atoms with Gasteiger partial charge < -0.3 is 5.32 Å². The van der Waals surface area contributed by atoms with Gasteiger partial charge in [0.1, 0.15) is 0 Å². The number of aromatic amines is 1. The number of carbonyl (C=O) groups is 1. The molecule has 5 nitrogen and oxygen atoms in total. The molecule has 0 radical (unpaired) electrons. The van der Waals surface area contributed by atoms with Crippen molar-refractivity contribution in [1.82, 2.24) is 19.9 Å². The Kier molecular flexibility index (Phi) is 3.30. The molecule has 100 valence electrons. The van der Waals surface area contributed by atoms with Gasteiger partial charge in [-0.1, -0.05) is 30.3 Å². The van der Waals surface area contributed by atoms with Crippen molar-refractivity contribution < 1.29 is 4.79 Å². The van der Waals surface area contributed by atoms with Gasteiger partial charge in [-0.2, -0.15) is 5.10 Å². The summed E-state index contributed by atoms with van der Waals surface area (Å²) in [6, 6.07) is 13.2. The summed E-state index contributed by atoms with van der Waals surface area (Å²) in [7, 11) is 0. The number of nitrogens with zero attached hydrogens (tertiary/aromatic N) is 2. The van der Waals surface area contributed by atoms with Gasteiger partial charge in [0, 0.05) is 12.7 Å². The lowest BCUT2D eigenvalue weighted by Crippen LogP contribution is -2.23. The number of nitrogens with one attached hydrogen (secondary N) is 2. The summed E-state index contributed by atoms with van der Waals surface area (Å²) in [4.78, 5) is 12.1. The third-order valence-electron chi connectivity index (χ3n) is 2.97. The summed E-state index contributed by atoms with van der Waals surface area (Å²) >= 11 is 5.09. The fourth-order valence-electron chi connectivity index (χ4n) is 1.92. The van der Waals surface area contributed by atoms with Crippen LogP contribution in [0.1, 0.15) is 15.9 Å². The molecule has 0 aliphatic heterocycles. The number of H-pyrrole nitrogens is 1. The Morgan fingerprint density at radius 1 is 1.25 bits per heavy atom. The normalized spacial score (nSPS) is 10.6. The molecule has 3 rings (SSSR count). The second-order valence-corrected chi connectivity index (χ2v) is 4.73. The number of aromatic nitrogens is 3. The summed E-state index contributed by atoms with van der Waals surface area (Å²) < 4.78 is 2.14. The van der Waals surface area contributed by atoms with E-state index in [1.165, 1.54) is 0 Å². The van der Waals surface area contributed by atoms with Crippen LogP contribution in [0, 0.1) is 4.77 Å². The molecule has 0 fully saturated rings. The second-order valence-electron chi connectivity index (χ2n) is 4.34. The Bertz CT molecular complexity index is 807. The van der Waals surface area contributed by atoms with E-state index in [2.05, 4.69) is 15.5 Å². The van der Waals surface area contributed by atoms with Gasteiger partial charge >= 0.3 is 0 Å². The Labute approximate surface area is 120 Å². The first kappa shape index (κ1) is 12.6.